The molecule has 0 radical (unpaired) electrons. The first-order valence-corrected chi connectivity index (χ1v) is 4.93. The minimum Gasteiger partial charge on any atom is -0.477 e. The second-order valence-electron chi connectivity index (χ2n) is 3.25. The van der Waals surface area contributed by atoms with E-state index in [9.17, 15) is 4.79 Å². The third-order valence-electron chi connectivity index (χ3n) is 2.21. The Labute approximate surface area is 96.4 Å². The first-order valence-electron chi connectivity index (χ1n) is 4.55. The molecule has 1 aromatic carbocycles. The van der Waals surface area contributed by atoms with Gasteiger partial charge in [0.05, 0.1) is 5.02 Å². The number of hydrogen-bond acceptors (Lipinski definition) is 3. The Morgan fingerprint density at radius 3 is 2.75 bits per heavy atom. The smallest absolute Gasteiger partial charge is 0.341 e. The summed E-state index contributed by atoms with van der Waals surface area (Å²) in [5, 5.41) is 13.2. The number of aromatic nitrogens is 1. The van der Waals surface area contributed by atoms with Crippen molar-refractivity contribution in [3.8, 4) is 11.3 Å². The van der Waals surface area contributed by atoms with E-state index in [1.807, 2.05) is 0 Å². The molecule has 0 spiro atoms. The van der Waals surface area contributed by atoms with Gasteiger partial charge in [0.2, 0.25) is 0 Å². The summed E-state index contributed by atoms with van der Waals surface area (Å²) >= 11 is 5.97. The number of nitrogens with zero attached hydrogens (tertiary/aromatic N) is 1. The fourth-order valence-corrected chi connectivity index (χ4v) is 1.69. The molecule has 4 nitrogen and oxygen atoms in total. The fourth-order valence-electron chi connectivity index (χ4n) is 1.46. The van der Waals surface area contributed by atoms with Crippen molar-refractivity contribution in [3.63, 3.8) is 0 Å². The Kier molecular flexibility index (Phi) is 2.66. The molecule has 82 valence electrons. The highest BCUT2D eigenvalue weighted by molar-refractivity contribution is 6.33. The fraction of sp³-hybridized carbons (Fsp3) is 0.0909. The van der Waals surface area contributed by atoms with Crippen LogP contribution in [0.1, 0.15) is 16.1 Å². The first kappa shape index (κ1) is 10.7. The summed E-state index contributed by atoms with van der Waals surface area (Å²) in [6, 6.07) is 6.90. The monoisotopic (exact) mass is 237 g/mol. The van der Waals surface area contributed by atoms with E-state index < -0.39 is 5.97 Å². The van der Waals surface area contributed by atoms with Gasteiger partial charge in [-0.25, -0.2) is 4.79 Å². The van der Waals surface area contributed by atoms with Crippen molar-refractivity contribution in [3.05, 3.63) is 40.6 Å². The van der Waals surface area contributed by atoms with Crippen molar-refractivity contribution in [2.24, 2.45) is 0 Å². The molecule has 0 unspecified atom stereocenters. The van der Waals surface area contributed by atoms with Crippen LogP contribution in [0.2, 0.25) is 5.02 Å². The summed E-state index contributed by atoms with van der Waals surface area (Å²) in [6.07, 6.45) is 0. The van der Waals surface area contributed by atoms with E-state index in [0.29, 0.717) is 10.6 Å². The van der Waals surface area contributed by atoms with Gasteiger partial charge in [-0.3, -0.25) is 0 Å². The van der Waals surface area contributed by atoms with E-state index >= 15 is 0 Å². The molecule has 0 bridgehead atoms. The minimum atomic E-state index is -1.08. The van der Waals surface area contributed by atoms with E-state index in [4.69, 9.17) is 21.2 Å². The van der Waals surface area contributed by atoms with E-state index in [0.717, 1.165) is 0 Å². The molecule has 0 fully saturated rings. The number of halogens is 1. The van der Waals surface area contributed by atoms with Crippen molar-refractivity contribution >= 4 is 17.6 Å². The van der Waals surface area contributed by atoms with Gasteiger partial charge in [0.1, 0.15) is 17.0 Å². The Morgan fingerprint density at radius 2 is 2.12 bits per heavy atom. The van der Waals surface area contributed by atoms with Gasteiger partial charge in [-0.05, 0) is 13.0 Å². The number of hydrogen-bond donors (Lipinski definition) is 1. The molecule has 2 aromatic rings. The molecule has 0 saturated carbocycles. The Morgan fingerprint density at radius 1 is 1.44 bits per heavy atom. The molecule has 2 rings (SSSR count). The molecule has 16 heavy (non-hydrogen) atoms. The maximum atomic E-state index is 11.0. The molecule has 1 aromatic heterocycles. The lowest BCUT2D eigenvalue weighted by Gasteiger charge is -2.00. The Balaban J connectivity index is 2.66. The highest BCUT2D eigenvalue weighted by atomic mass is 35.5. The van der Waals surface area contributed by atoms with Crippen molar-refractivity contribution < 1.29 is 14.4 Å². The normalized spacial score (nSPS) is 10.4. The first-order chi connectivity index (χ1) is 7.61. The number of benzene rings is 1. The van der Waals surface area contributed by atoms with Crippen LogP contribution in [-0.2, 0) is 0 Å². The molecular weight excluding hydrogens is 230 g/mol. The van der Waals surface area contributed by atoms with E-state index in [1.165, 1.54) is 0 Å². The predicted octanol–water partition coefficient (Wildman–Crippen LogP) is 3.00. The van der Waals surface area contributed by atoms with Crippen LogP contribution in [0, 0.1) is 6.92 Å². The zero-order chi connectivity index (χ0) is 11.7. The molecule has 0 aliphatic heterocycles. The van der Waals surface area contributed by atoms with Crippen LogP contribution in [0.3, 0.4) is 0 Å². The van der Waals surface area contributed by atoms with Gasteiger partial charge in [-0.1, -0.05) is 35.0 Å². The second-order valence-corrected chi connectivity index (χ2v) is 3.65. The van der Waals surface area contributed by atoms with Crippen LogP contribution in [-0.4, -0.2) is 16.2 Å². The average molecular weight is 238 g/mol. The molecule has 0 aliphatic rings. The van der Waals surface area contributed by atoms with Gasteiger partial charge < -0.3 is 9.63 Å². The standard InChI is InChI=1S/C11H8ClNO3/c1-6-9(11(14)15)10(13-16-6)7-4-2-3-5-8(7)12/h2-5H,1H3,(H,14,15). The van der Waals surface area contributed by atoms with Crippen LogP contribution in [0.15, 0.2) is 28.8 Å². The lowest BCUT2D eigenvalue weighted by Crippen LogP contribution is -1.99. The number of aryl methyl sites for hydroxylation is 1. The second kappa shape index (κ2) is 3.98. The van der Waals surface area contributed by atoms with E-state index in [2.05, 4.69) is 5.16 Å². The van der Waals surface area contributed by atoms with Gasteiger partial charge in [0.25, 0.3) is 0 Å². The van der Waals surface area contributed by atoms with Crippen LogP contribution in [0.5, 0.6) is 0 Å². The van der Waals surface area contributed by atoms with Crippen molar-refractivity contribution in [2.45, 2.75) is 6.92 Å². The number of carboxylic acid groups (broad SMARTS) is 1. The topological polar surface area (TPSA) is 63.3 Å². The minimum absolute atomic E-state index is 0.0492. The van der Waals surface area contributed by atoms with Crippen LogP contribution in [0.4, 0.5) is 0 Å². The van der Waals surface area contributed by atoms with Crippen molar-refractivity contribution in [2.75, 3.05) is 0 Å². The summed E-state index contributed by atoms with van der Waals surface area (Å²) in [5.41, 5.74) is 0.863. The molecule has 0 saturated heterocycles. The average Bonchev–Trinajstić information content (AvgIpc) is 2.61. The van der Waals surface area contributed by atoms with Crippen molar-refractivity contribution in [1.29, 1.82) is 0 Å². The van der Waals surface area contributed by atoms with Gasteiger partial charge in [0.15, 0.2) is 0 Å². The SMILES string of the molecule is Cc1onc(-c2ccccc2Cl)c1C(=O)O. The molecule has 1 N–H and O–H groups in total. The maximum absolute atomic E-state index is 11.0. The lowest BCUT2D eigenvalue weighted by molar-refractivity contribution is 0.0696. The van der Waals surface area contributed by atoms with Gasteiger partial charge in [-0.15, -0.1) is 0 Å². The number of aromatic carboxylic acids is 1. The van der Waals surface area contributed by atoms with Crippen LogP contribution in [0.25, 0.3) is 11.3 Å². The largest absolute Gasteiger partial charge is 0.477 e. The molecule has 5 heteroatoms. The summed E-state index contributed by atoms with van der Waals surface area (Å²) in [6.45, 7) is 1.55. The van der Waals surface area contributed by atoms with Crippen LogP contribution >= 0.6 is 11.6 Å². The number of carbonyl (C=O) groups is 1. The maximum Gasteiger partial charge on any atom is 0.341 e. The summed E-state index contributed by atoms with van der Waals surface area (Å²) in [4.78, 5) is 11.0. The molecule has 1 heterocycles. The van der Waals surface area contributed by atoms with Gasteiger partial charge in [0, 0.05) is 5.56 Å². The predicted molar refractivity (Wildman–Crippen MR) is 58.6 cm³/mol. The summed E-state index contributed by atoms with van der Waals surface area (Å²) < 4.78 is 4.88. The zero-order valence-corrected chi connectivity index (χ0v) is 9.15. The number of carboxylic acids is 1. The Bertz CT molecular complexity index is 548. The summed E-state index contributed by atoms with van der Waals surface area (Å²) in [7, 11) is 0. The molecule has 0 aliphatic carbocycles. The third-order valence-corrected chi connectivity index (χ3v) is 2.54. The van der Waals surface area contributed by atoms with Gasteiger partial charge in [-0.2, -0.15) is 0 Å². The van der Waals surface area contributed by atoms with E-state index in [1.54, 1.807) is 31.2 Å². The van der Waals surface area contributed by atoms with E-state index in [-0.39, 0.29) is 17.0 Å². The van der Waals surface area contributed by atoms with Gasteiger partial charge >= 0.3 is 5.97 Å². The Hall–Kier alpha value is -1.81. The third kappa shape index (κ3) is 1.67. The zero-order valence-electron chi connectivity index (χ0n) is 8.40. The van der Waals surface area contributed by atoms with Crippen molar-refractivity contribution in [1.82, 2.24) is 5.16 Å². The number of rotatable bonds is 2. The molecule has 0 amide bonds. The highest BCUT2D eigenvalue weighted by Crippen LogP contribution is 2.30. The highest BCUT2D eigenvalue weighted by Gasteiger charge is 2.21. The molecule has 0 atom stereocenters. The molecular formula is C11H8ClNO3. The summed E-state index contributed by atoms with van der Waals surface area (Å²) in [5.74, 6) is -0.809. The lowest BCUT2D eigenvalue weighted by atomic mass is 10.1. The quantitative estimate of drug-likeness (QED) is 0.872. The van der Waals surface area contributed by atoms with Crippen LogP contribution < -0.4 is 0 Å².